The van der Waals surface area contributed by atoms with E-state index in [1.807, 2.05) is 12.1 Å². The second kappa shape index (κ2) is 5.64. The molecule has 0 saturated carbocycles. The molecule has 0 amide bonds. The van der Waals surface area contributed by atoms with Crippen LogP contribution in [0.4, 0.5) is 14.5 Å². The SMILES string of the molecule is C=C(Nc1cccc2c1CCC2)c1cccnc1C(F)F. The maximum Gasteiger partial charge on any atom is 0.281 e. The maximum atomic E-state index is 13.0. The fraction of sp³-hybridized carbons (Fsp3) is 0.235. The van der Waals surface area contributed by atoms with Crippen LogP contribution >= 0.6 is 0 Å². The molecule has 3 rings (SSSR count). The number of pyridine rings is 1. The monoisotopic (exact) mass is 286 g/mol. The molecule has 0 saturated heterocycles. The lowest BCUT2D eigenvalue weighted by Gasteiger charge is -2.15. The van der Waals surface area contributed by atoms with Gasteiger partial charge in [-0.05, 0) is 48.6 Å². The molecule has 0 bridgehead atoms. The van der Waals surface area contributed by atoms with E-state index in [0.29, 0.717) is 11.3 Å². The largest absolute Gasteiger partial charge is 0.355 e. The van der Waals surface area contributed by atoms with Crippen LogP contribution in [0.3, 0.4) is 0 Å². The second-order valence-corrected chi connectivity index (χ2v) is 5.14. The number of aryl methyl sites for hydroxylation is 1. The van der Waals surface area contributed by atoms with Crippen molar-refractivity contribution < 1.29 is 8.78 Å². The highest BCUT2D eigenvalue weighted by Crippen LogP contribution is 2.32. The Labute approximate surface area is 122 Å². The van der Waals surface area contributed by atoms with Crippen LogP contribution < -0.4 is 5.32 Å². The number of hydrogen-bond acceptors (Lipinski definition) is 2. The van der Waals surface area contributed by atoms with Crippen molar-refractivity contribution in [3.8, 4) is 0 Å². The van der Waals surface area contributed by atoms with E-state index >= 15 is 0 Å². The highest BCUT2D eigenvalue weighted by Gasteiger charge is 2.18. The van der Waals surface area contributed by atoms with Gasteiger partial charge in [-0.3, -0.25) is 4.98 Å². The summed E-state index contributed by atoms with van der Waals surface area (Å²) >= 11 is 0. The number of aromatic nitrogens is 1. The van der Waals surface area contributed by atoms with E-state index in [0.717, 1.165) is 24.9 Å². The fourth-order valence-electron chi connectivity index (χ4n) is 2.81. The number of alkyl halides is 2. The van der Waals surface area contributed by atoms with Crippen molar-refractivity contribution in [3.05, 3.63) is 65.5 Å². The summed E-state index contributed by atoms with van der Waals surface area (Å²) in [6.45, 7) is 3.90. The number of rotatable bonds is 4. The van der Waals surface area contributed by atoms with Gasteiger partial charge in [0.25, 0.3) is 6.43 Å². The van der Waals surface area contributed by atoms with Crippen LogP contribution in [-0.2, 0) is 12.8 Å². The molecule has 1 aliphatic rings. The lowest BCUT2D eigenvalue weighted by Crippen LogP contribution is -2.05. The first kappa shape index (κ1) is 13.7. The highest BCUT2D eigenvalue weighted by atomic mass is 19.3. The van der Waals surface area contributed by atoms with Crippen molar-refractivity contribution in [3.63, 3.8) is 0 Å². The molecule has 1 heterocycles. The van der Waals surface area contributed by atoms with Crippen LogP contribution in [0, 0.1) is 0 Å². The van der Waals surface area contributed by atoms with E-state index in [2.05, 4.69) is 22.9 Å². The van der Waals surface area contributed by atoms with Crippen LogP contribution in [0.15, 0.2) is 43.1 Å². The van der Waals surface area contributed by atoms with E-state index in [4.69, 9.17) is 0 Å². The molecule has 2 aromatic rings. The minimum absolute atomic E-state index is 0.234. The maximum absolute atomic E-state index is 13.0. The molecule has 2 nitrogen and oxygen atoms in total. The molecule has 108 valence electrons. The molecule has 0 radical (unpaired) electrons. The number of anilines is 1. The van der Waals surface area contributed by atoms with Crippen LogP contribution in [0.25, 0.3) is 5.70 Å². The van der Waals surface area contributed by atoms with Gasteiger partial charge in [-0.1, -0.05) is 18.7 Å². The van der Waals surface area contributed by atoms with E-state index in [1.165, 1.54) is 17.3 Å². The van der Waals surface area contributed by atoms with Crippen molar-refractivity contribution >= 4 is 11.4 Å². The normalized spacial score (nSPS) is 13.3. The summed E-state index contributed by atoms with van der Waals surface area (Å²) in [5.41, 5.74) is 4.14. The molecular weight excluding hydrogens is 270 g/mol. The van der Waals surface area contributed by atoms with Gasteiger partial charge in [-0.2, -0.15) is 0 Å². The van der Waals surface area contributed by atoms with Crippen LogP contribution in [0.2, 0.25) is 0 Å². The molecule has 0 aliphatic heterocycles. The molecule has 0 fully saturated rings. The zero-order chi connectivity index (χ0) is 14.8. The number of fused-ring (bicyclic) bond motifs is 1. The zero-order valence-corrected chi connectivity index (χ0v) is 11.6. The first-order valence-electron chi connectivity index (χ1n) is 6.97. The van der Waals surface area contributed by atoms with E-state index in [1.54, 1.807) is 12.1 Å². The molecule has 1 aromatic heterocycles. The summed E-state index contributed by atoms with van der Waals surface area (Å²) in [7, 11) is 0. The van der Waals surface area contributed by atoms with Gasteiger partial charge in [-0.25, -0.2) is 8.78 Å². The molecule has 1 N–H and O–H groups in total. The molecule has 0 spiro atoms. The van der Waals surface area contributed by atoms with Gasteiger partial charge < -0.3 is 5.32 Å². The van der Waals surface area contributed by atoms with Crippen LogP contribution in [0.1, 0.15) is 35.2 Å². The van der Waals surface area contributed by atoms with Crippen molar-refractivity contribution in [1.29, 1.82) is 0 Å². The standard InChI is InChI=1S/C17H16F2N2/c1-11(13-8-4-10-20-16(13)17(18)19)21-15-9-3-6-12-5-2-7-14(12)15/h3-4,6,8-10,17,21H,1-2,5,7H2. The van der Waals surface area contributed by atoms with Crippen molar-refractivity contribution in [1.82, 2.24) is 4.98 Å². The number of hydrogen-bond donors (Lipinski definition) is 1. The number of benzene rings is 1. The summed E-state index contributed by atoms with van der Waals surface area (Å²) in [6.07, 6.45) is 1.99. The minimum atomic E-state index is -2.61. The van der Waals surface area contributed by atoms with Crippen molar-refractivity contribution in [2.24, 2.45) is 0 Å². The molecule has 1 aliphatic carbocycles. The third-order valence-electron chi connectivity index (χ3n) is 3.80. The first-order valence-corrected chi connectivity index (χ1v) is 6.97. The second-order valence-electron chi connectivity index (χ2n) is 5.14. The Kier molecular flexibility index (Phi) is 3.69. The molecule has 21 heavy (non-hydrogen) atoms. The molecule has 0 unspecified atom stereocenters. The smallest absolute Gasteiger partial charge is 0.281 e. The summed E-state index contributed by atoms with van der Waals surface area (Å²) in [5.74, 6) is 0. The van der Waals surface area contributed by atoms with E-state index < -0.39 is 6.43 Å². The third kappa shape index (κ3) is 2.66. The Morgan fingerprint density at radius 2 is 2.05 bits per heavy atom. The Morgan fingerprint density at radius 3 is 2.86 bits per heavy atom. The van der Waals surface area contributed by atoms with Crippen LogP contribution in [-0.4, -0.2) is 4.98 Å². The van der Waals surface area contributed by atoms with Gasteiger partial charge in [0.05, 0.1) is 0 Å². The number of nitrogens with zero attached hydrogens (tertiary/aromatic N) is 1. The van der Waals surface area contributed by atoms with Gasteiger partial charge in [-0.15, -0.1) is 0 Å². The summed E-state index contributed by atoms with van der Waals surface area (Å²) < 4.78 is 26.0. The Balaban J connectivity index is 1.90. The minimum Gasteiger partial charge on any atom is -0.355 e. The molecular formula is C17H16F2N2. The number of nitrogens with one attached hydrogen (secondary N) is 1. The number of halogens is 2. The van der Waals surface area contributed by atoms with Crippen LogP contribution in [0.5, 0.6) is 0 Å². The van der Waals surface area contributed by atoms with Gasteiger partial charge in [0.15, 0.2) is 0 Å². The Hall–Kier alpha value is -2.23. The summed E-state index contributed by atoms with van der Waals surface area (Å²) in [5, 5.41) is 3.19. The molecule has 4 heteroatoms. The van der Waals surface area contributed by atoms with Gasteiger partial charge in [0.2, 0.25) is 0 Å². The first-order chi connectivity index (χ1) is 10.2. The average molecular weight is 286 g/mol. The van der Waals surface area contributed by atoms with E-state index in [9.17, 15) is 8.78 Å². The fourth-order valence-corrected chi connectivity index (χ4v) is 2.81. The Bertz CT molecular complexity index is 680. The third-order valence-corrected chi connectivity index (χ3v) is 3.80. The average Bonchev–Trinajstić information content (AvgIpc) is 2.96. The van der Waals surface area contributed by atoms with Gasteiger partial charge in [0, 0.05) is 23.1 Å². The highest BCUT2D eigenvalue weighted by molar-refractivity contribution is 5.78. The zero-order valence-electron chi connectivity index (χ0n) is 11.6. The molecule has 0 atom stereocenters. The summed E-state index contributed by atoms with van der Waals surface area (Å²) in [4.78, 5) is 3.76. The predicted molar refractivity (Wildman–Crippen MR) is 80.3 cm³/mol. The quantitative estimate of drug-likeness (QED) is 0.889. The Morgan fingerprint density at radius 1 is 1.19 bits per heavy atom. The lowest BCUT2D eigenvalue weighted by molar-refractivity contribution is 0.145. The van der Waals surface area contributed by atoms with Gasteiger partial charge in [0.1, 0.15) is 5.69 Å². The van der Waals surface area contributed by atoms with Gasteiger partial charge >= 0.3 is 0 Å². The van der Waals surface area contributed by atoms with Crippen molar-refractivity contribution in [2.75, 3.05) is 5.32 Å². The molecule has 1 aromatic carbocycles. The summed E-state index contributed by atoms with van der Waals surface area (Å²) in [6, 6.07) is 9.33. The topological polar surface area (TPSA) is 24.9 Å². The van der Waals surface area contributed by atoms with Crippen molar-refractivity contribution in [2.45, 2.75) is 25.7 Å². The lowest BCUT2D eigenvalue weighted by atomic mass is 10.1. The predicted octanol–water partition coefficient (Wildman–Crippen LogP) is 4.59. The van der Waals surface area contributed by atoms with E-state index in [-0.39, 0.29) is 5.69 Å².